The third-order valence-electron chi connectivity index (χ3n) is 3.41. The van der Waals surface area contributed by atoms with Gasteiger partial charge in [-0.3, -0.25) is 9.59 Å². The summed E-state index contributed by atoms with van der Waals surface area (Å²) in [7, 11) is 0. The Labute approximate surface area is 109 Å². The number of nitrogens with zero attached hydrogens (tertiary/aromatic N) is 1. The summed E-state index contributed by atoms with van der Waals surface area (Å²) < 4.78 is 0. The molecule has 0 aromatic heterocycles. The third kappa shape index (κ3) is 5.04. The van der Waals surface area contributed by atoms with E-state index in [-0.39, 0.29) is 23.9 Å². The topological polar surface area (TPSA) is 75.4 Å². The summed E-state index contributed by atoms with van der Waals surface area (Å²) in [5.41, 5.74) is 5.84. The second-order valence-corrected chi connectivity index (χ2v) is 5.10. The second-order valence-electron chi connectivity index (χ2n) is 5.10. The number of amides is 2. The van der Waals surface area contributed by atoms with E-state index in [1.165, 1.54) is 0 Å². The molecule has 0 spiro atoms. The first kappa shape index (κ1) is 15.0. The predicted molar refractivity (Wildman–Crippen MR) is 70.9 cm³/mol. The summed E-state index contributed by atoms with van der Waals surface area (Å²) in [6.07, 6.45) is 3.98. The van der Waals surface area contributed by atoms with Gasteiger partial charge in [-0.2, -0.15) is 0 Å². The van der Waals surface area contributed by atoms with Crippen molar-refractivity contribution in [2.75, 3.05) is 13.1 Å². The van der Waals surface area contributed by atoms with Crippen molar-refractivity contribution >= 4 is 11.8 Å². The van der Waals surface area contributed by atoms with Crippen LogP contribution < -0.4 is 11.1 Å². The molecular formula is C13H25N3O2. The monoisotopic (exact) mass is 255 g/mol. The molecule has 1 fully saturated rings. The van der Waals surface area contributed by atoms with Crippen molar-refractivity contribution in [2.24, 2.45) is 5.73 Å². The highest BCUT2D eigenvalue weighted by atomic mass is 16.2. The van der Waals surface area contributed by atoms with E-state index in [1.807, 2.05) is 4.90 Å². The average Bonchev–Trinajstić information content (AvgIpc) is 2.29. The summed E-state index contributed by atoms with van der Waals surface area (Å²) in [6.45, 7) is 5.13. The lowest BCUT2D eigenvalue weighted by atomic mass is 10.0. The first-order valence-corrected chi connectivity index (χ1v) is 6.83. The molecule has 3 N–H and O–H groups in total. The lowest BCUT2D eigenvalue weighted by Crippen LogP contribution is -2.46. The summed E-state index contributed by atoms with van der Waals surface area (Å²) in [5.74, 6) is 0.155. The zero-order valence-electron chi connectivity index (χ0n) is 11.4. The van der Waals surface area contributed by atoms with Crippen LogP contribution in [-0.4, -0.2) is 41.9 Å². The highest BCUT2D eigenvalue weighted by Crippen LogP contribution is 2.10. The highest BCUT2D eigenvalue weighted by molar-refractivity contribution is 5.77. The highest BCUT2D eigenvalue weighted by Gasteiger charge is 2.22. The molecule has 1 saturated heterocycles. The molecule has 2 amide bonds. The lowest BCUT2D eigenvalue weighted by molar-refractivity contribution is -0.130. The van der Waals surface area contributed by atoms with Gasteiger partial charge in [-0.05, 0) is 19.3 Å². The number of rotatable bonds is 5. The van der Waals surface area contributed by atoms with E-state index < -0.39 is 0 Å². The Morgan fingerprint density at radius 2 is 2.00 bits per heavy atom. The van der Waals surface area contributed by atoms with Crippen LogP contribution in [0.5, 0.6) is 0 Å². The molecule has 18 heavy (non-hydrogen) atoms. The van der Waals surface area contributed by atoms with E-state index in [9.17, 15) is 9.59 Å². The van der Waals surface area contributed by atoms with E-state index >= 15 is 0 Å². The van der Waals surface area contributed by atoms with Crippen LogP contribution in [0.3, 0.4) is 0 Å². The maximum absolute atomic E-state index is 11.7. The number of carbonyl (C=O) groups is 2. The summed E-state index contributed by atoms with van der Waals surface area (Å²) in [5, 5.41) is 3.01. The second kappa shape index (κ2) is 7.36. The molecule has 0 aromatic rings. The molecule has 1 aliphatic heterocycles. The number of piperidine rings is 1. The van der Waals surface area contributed by atoms with Crippen molar-refractivity contribution in [2.45, 2.75) is 58.0 Å². The predicted octanol–water partition coefficient (Wildman–Crippen LogP) is 0.631. The van der Waals surface area contributed by atoms with Gasteiger partial charge >= 0.3 is 0 Å². The number of nitrogens with two attached hydrogens (primary N) is 1. The number of nitrogens with one attached hydrogen (secondary N) is 1. The summed E-state index contributed by atoms with van der Waals surface area (Å²) in [4.78, 5) is 24.7. The summed E-state index contributed by atoms with van der Waals surface area (Å²) >= 11 is 0. The first-order valence-electron chi connectivity index (χ1n) is 6.83. The van der Waals surface area contributed by atoms with Gasteiger partial charge in [0, 0.05) is 38.5 Å². The summed E-state index contributed by atoms with van der Waals surface area (Å²) in [6, 6.07) is 0.161. The van der Waals surface area contributed by atoms with Gasteiger partial charge < -0.3 is 16.0 Å². The molecule has 5 nitrogen and oxygen atoms in total. The molecule has 0 bridgehead atoms. The van der Waals surface area contributed by atoms with Gasteiger partial charge in [0.2, 0.25) is 11.8 Å². The molecule has 0 aromatic carbocycles. The molecule has 104 valence electrons. The fourth-order valence-corrected chi connectivity index (χ4v) is 2.34. The van der Waals surface area contributed by atoms with E-state index in [0.717, 1.165) is 38.8 Å². The van der Waals surface area contributed by atoms with Crippen LogP contribution in [-0.2, 0) is 9.59 Å². The van der Waals surface area contributed by atoms with Crippen molar-refractivity contribution < 1.29 is 9.59 Å². The van der Waals surface area contributed by atoms with E-state index in [4.69, 9.17) is 5.73 Å². The number of likely N-dealkylation sites (tertiary alicyclic amines) is 1. The van der Waals surface area contributed by atoms with Gasteiger partial charge in [0.15, 0.2) is 0 Å². The first-order chi connectivity index (χ1) is 8.52. The van der Waals surface area contributed by atoms with Crippen LogP contribution in [0.15, 0.2) is 0 Å². The molecule has 0 aliphatic carbocycles. The van der Waals surface area contributed by atoms with Gasteiger partial charge in [0.25, 0.3) is 0 Å². The van der Waals surface area contributed by atoms with Gasteiger partial charge in [0.1, 0.15) is 0 Å². The SMILES string of the molecule is CCCC(N)CC(=O)NC1CCN(C(C)=O)CC1. The number of carbonyl (C=O) groups excluding carboxylic acids is 2. The lowest BCUT2D eigenvalue weighted by Gasteiger charge is -2.31. The van der Waals surface area contributed by atoms with Gasteiger partial charge in [-0.15, -0.1) is 0 Å². The van der Waals surface area contributed by atoms with Crippen molar-refractivity contribution in [1.82, 2.24) is 10.2 Å². The van der Waals surface area contributed by atoms with Crippen molar-refractivity contribution in [3.05, 3.63) is 0 Å². The average molecular weight is 255 g/mol. The largest absolute Gasteiger partial charge is 0.353 e. The standard InChI is InChI=1S/C13H25N3O2/c1-3-4-11(14)9-13(18)15-12-5-7-16(8-6-12)10(2)17/h11-12H,3-9,14H2,1-2H3,(H,15,18). The Morgan fingerprint density at radius 1 is 1.39 bits per heavy atom. The molecule has 0 radical (unpaired) electrons. The Kier molecular flexibility index (Phi) is 6.12. The van der Waals surface area contributed by atoms with Crippen LogP contribution in [0.25, 0.3) is 0 Å². The Balaban J connectivity index is 2.24. The van der Waals surface area contributed by atoms with E-state index in [2.05, 4.69) is 12.2 Å². The Morgan fingerprint density at radius 3 is 2.50 bits per heavy atom. The molecule has 1 unspecified atom stereocenters. The van der Waals surface area contributed by atoms with Gasteiger partial charge in [-0.1, -0.05) is 13.3 Å². The molecule has 1 atom stereocenters. The smallest absolute Gasteiger partial charge is 0.221 e. The number of hydrogen-bond donors (Lipinski definition) is 2. The molecule has 0 saturated carbocycles. The van der Waals surface area contributed by atoms with Gasteiger partial charge in [0.05, 0.1) is 0 Å². The van der Waals surface area contributed by atoms with Crippen molar-refractivity contribution in [1.29, 1.82) is 0 Å². The quantitative estimate of drug-likeness (QED) is 0.756. The maximum atomic E-state index is 11.7. The fraction of sp³-hybridized carbons (Fsp3) is 0.846. The van der Waals surface area contributed by atoms with Crippen LogP contribution >= 0.6 is 0 Å². The normalized spacial score (nSPS) is 18.5. The molecule has 1 rings (SSSR count). The minimum Gasteiger partial charge on any atom is -0.353 e. The zero-order valence-corrected chi connectivity index (χ0v) is 11.4. The van der Waals surface area contributed by atoms with Crippen LogP contribution in [0, 0.1) is 0 Å². The Hall–Kier alpha value is -1.10. The van der Waals surface area contributed by atoms with Crippen LogP contribution in [0.1, 0.15) is 46.0 Å². The van der Waals surface area contributed by atoms with E-state index in [1.54, 1.807) is 6.92 Å². The maximum Gasteiger partial charge on any atom is 0.221 e. The minimum absolute atomic E-state index is 0.0349. The van der Waals surface area contributed by atoms with Gasteiger partial charge in [-0.25, -0.2) is 0 Å². The zero-order chi connectivity index (χ0) is 13.5. The van der Waals surface area contributed by atoms with Crippen LogP contribution in [0.2, 0.25) is 0 Å². The van der Waals surface area contributed by atoms with Crippen molar-refractivity contribution in [3.8, 4) is 0 Å². The van der Waals surface area contributed by atoms with Crippen molar-refractivity contribution in [3.63, 3.8) is 0 Å². The fourth-order valence-electron chi connectivity index (χ4n) is 2.34. The minimum atomic E-state index is -0.0349. The molecular weight excluding hydrogens is 230 g/mol. The van der Waals surface area contributed by atoms with Crippen LogP contribution in [0.4, 0.5) is 0 Å². The third-order valence-corrected chi connectivity index (χ3v) is 3.41. The molecule has 5 heteroatoms. The molecule has 1 heterocycles. The Bertz CT molecular complexity index is 286. The molecule has 1 aliphatic rings. The van der Waals surface area contributed by atoms with E-state index in [0.29, 0.717) is 6.42 Å². The number of hydrogen-bond acceptors (Lipinski definition) is 3.